The van der Waals surface area contributed by atoms with Crippen LogP contribution in [0.4, 0.5) is 24.7 Å². The van der Waals surface area contributed by atoms with E-state index in [2.05, 4.69) is 15.8 Å². The van der Waals surface area contributed by atoms with Gasteiger partial charge in [0.25, 0.3) is 10.0 Å². The number of alkyl halides is 3. The van der Waals surface area contributed by atoms with Gasteiger partial charge in [0.15, 0.2) is 0 Å². The average Bonchev–Trinajstić information content (AvgIpc) is 2.87. The number of piperidine rings is 1. The van der Waals surface area contributed by atoms with Crippen LogP contribution >= 0.6 is 0 Å². The van der Waals surface area contributed by atoms with Gasteiger partial charge in [0.1, 0.15) is 11.9 Å². The maximum atomic E-state index is 13.4. The van der Waals surface area contributed by atoms with E-state index < -0.39 is 32.3 Å². The molecule has 0 saturated carbocycles. The summed E-state index contributed by atoms with van der Waals surface area (Å²) < 4.78 is 68.6. The van der Waals surface area contributed by atoms with Gasteiger partial charge in [-0.2, -0.15) is 18.4 Å². The van der Waals surface area contributed by atoms with Crippen molar-refractivity contribution in [3.63, 3.8) is 0 Å². The predicted molar refractivity (Wildman–Crippen MR) is 132 cm³/mol. The summed E-state index contributed by atoms with van der Waals surface area (Å²) in [6, 6.07) is 15.3. The second kappa shape index (κ2) is 9.68. The SMILES string of the molecule is Cc1nc(N2CCC(O)(c3ccccc3)CC2)c(C#N)c(C)c1NS(=O)(=O)c1ccccc1C(F)(F)F. The zero-order valence-corrected chi connectivity index (χ0v) is 21.0. The Morgan fingerprint density at radius 3 is 2.24 bits per heavy atom. The van der Waals surface area contributed by atoms with Gasteiger partial charge in [-0.3, -0.25) is 4.72 Å². The molecule has 7 nitrogen and oxygen atoms in total. The first-order chi connectivity index (χ1) is 17.4. The first-order valence-corrected chi connectivity index (χ1v) is 13.0. The van der Waals surface area contributed by atoms with Crippen LogP contribution in [-0.2, 0) is 21.8 Å². The van der Waals surface area contributed by atoms with E-state index in [0.717, 1.165) is 17.7 Å². The smallest absolute Gasteiger partial charge is 0.385 e. The molecule has 1 aliphatic heterocycles. The van der Waals surface area contributed by atoms with Crippen LogP contribution in [0.2, 0.25) is 0 Å². The third-order valence-electron chi connectivity index (χ3n) is 6.64. The van der Waals surface area contributed by atoms with Crippen LogP contribution in [-0.4, -0.2) is 31.6 Å². The summed E-state index contributed by atoms with van der Waals surface area (Å²) in [6.45, 7) is 3.84. The third kappa shape index (κ3) is 5.12. The highest BCUT2D eigenvalue weighted by Crippen LogP contribution is 2.38. The molecule has 194 valence electrons. The Hall–Kier alpha value is -3.62. The standard InChI is InChI=1S/C26H25F3N4O3S/c1-17-20(16-30)24(33-14-12-25(34,13-15-33)19-8-4-3-5-9-19)31-18(2)23(17)32-37(35,36)22-11-7-6-10-21(22)26(27,28)29/h3-11,32,34H,12-15H2,1-2H3. The van der Waals surface area contributed by atoms with Crippen molar-refractivity contribution in [1.29, 1.82) is 5.26 Å². The number of nitrogens with zero attached hydrogens (tertiary/aromatic N) is 3. The number of nitriles is 1. The van der Waals surface area contributed by atoms with E-state index in [4.69, 9.17) is 0 Å². The van der Waals surface area contributed by atoms with Crippen LogP contribution < -0.4 is 9.62 Å². The molecule has 0 radical (unpaired) electrons. The molecular weight excluding hydrogens is 505 g/mol. The van der Waals surface area contributed by atoms with Gasteiger partial charge in [-0.25, -0.2) is 13.4 Å². The van der Waals surface area contributed by atoms with Crippen molar-refractivity contribution in [2.45, 2.75) is 43.4 Å². The summed E-state index contributed by atoms with van der Waals surface area (Å²) in [6.07, 6.45) is -4.08. The molecule has 1 fully saturated rings. The van der Waals surface area contributed by atoms with Crippen molar-refractivity contribution in [2.24, 2.45) is 0 Å². The van der Waals surface area contributed by atoms with Crippen LogP contribution in [0.3, 0.4) is 0 Å². The van der Waals surface area contributed by atoms with E-state index in [9.17, 15) is 32.0 Å². The van der Waals surface area contributed by atoms with Gasteiger partial charge in [-0.1, -0.05) is 42.5 Å². The predicted octanol–water partition coefficient (Wildman–Crippen LogP) is 4.88. The number of hydrogen-bond acceptors (Lipinski definition) is 6. The Morgan fingerprint density at radius 1 is 1.05 bits per heavy atom. The number of aryl methyl sites for hydroxylation is 1. The van der Waals surface area contributed by atoms with Crippen molar-refractivity contribution >= 4 is 21.5 Å². The summed E-state index contributed by atoms with van der Waals surface area (Å²) in [5.41, 5.74) is -0.977. The lowest BCUT2D eigenvalue weighted by Crippen LogP contribution is -2.43. The van der Waals surface area contributed by atoms with Crippen LogP contribution in [0.5, 0.6) is 0 Å². The fourth-order valence-corrected chi connectivity index (χ4v) is 6.01. The molecule has 4 rings (SSSR count). The molecule has 0 bridgehead atoms. The van der Waals surface area contributed by atoms with Gasteiger partial charge >= 0.3 is 6.18 Å². The van der Waals surface area contributed by atoms with Crippen molar-refractivity contribution in [3.05, 3.63) is 82.5 Å². The number of nitrogens with one attached hydrogen (secondary N) is 1. The van der Waals surface area contributed by atoms with E-state index in [1.165, 1.54) is 19.9 Å². The number of sulfonamides is 1. The van der Waals surface area contributed by atoms with E-state index in [1.807, 2.05) is 35.2 Å². The Bertz CT molecular complexity index is 1460. The lowest BCUT2D eigenvalue weighted by molar-refractivity contribution is -0.139. The topological polar surface area (TPSA) is 106 Å². The molecule has 1 saturated heterocycles. The monoisotopic (exact) mass is 530 g/mol. The molecule has 1 aliphatic rings. The van der Waals surface area contributed by atoms with Gasteiger partial charge in [-0.15, -0.1) is 0 Å². The summed E-state index contributed by atoms with van der Waals surface area (Å²) >= 11 is 0. The second-order valence-electron chi connectivity index (χ2n) is 8.99. The molecule has 2 N–H and O–H groups in total. The Morgan fingerprint density at radius 2 is 1.65 bits per heavy atom. The van der Waals surface area contributed by atoms with Crippen LogP contribution in [0, 0.1) is 25.2 Å². The Balaban J connectivity index is 1.65. The third-order valence-corrected chi connectivity index (χ3v) is 8.05. The molecule has 0 spiro atoms. The minimum absolute atomic E-state index is 0.0462. The van der Waals surface area contributed by atoms with E-state index in [1.54, 1.807) is 0 Å². The van der Waals surface area contributed by atoms with Gasteiger partial charge in [0.2, 0.25) is 0 Å². The molecule has 1 aromatic heterocycles. The maximum Gasteiger partial charge on any atom is 0.417 e. The number of pyridine rings is 1. The first-order valence-electron chi connectivity index (χ1n) is 11.5. The Labute approximate surface area is 213 Å². The normalized spacial score (nSPS) is 15.8. The number of anilines is 2. The number of hydrogen-bond donors (Lipinski definition) is 2. The van der Waals surface area contributed by atoms with Crippen molar-refractivity contribution in [1.82, 2.24) is 4.98 Å². The average molecular weight is 531 g/mol. The molecule has 11 heteroatoms. The lowest BCUT2D eigenvalue weighted by atomic mass is 9.84. The molecule has 0 unspecified atom stereocenters. The molecular formula is C26H25F3N4O3S. The molecule has 0 atom stereocenters. The van der Waals surface area contributed by atoms with Crippen LogP contribution in [0.25, 0.3) is 0 Å². The maximum absolute atomic E-state index is 13.4. The second-order valence-corrected chi connectivity index (χ2v) is 10.6. The Kier molecular flexibility index (Phi) is 6.92. The van der Waals surface area contributed by atoms with Gasteiger partial charge in [0, 0.05) is 13.1 Å². The number of aromatic nitrogens is 1. The van der Waals surface area contributed by atoms with Crippen molar-refractivity contribution in [2.75, 3.05) is 22.7 Å². The van der Waals surface area contributed by atoms with E-state index >= 15 is 0 Å². The highest BCUT2D eigenvalue weighted by molar-refractivity contribution is 7.92. The summed E-state index contributed by atoms with van der Waals surface area (Å²) in [5, 5.41) is 21.0. The highest BCUT2D eigenvalue weighted by atomic mass is 32.2. The molecule has 2 aromatic carbocycles. The van der Waals surface area contributed by atoms with Gasteiger partial charge < -0.3 is 10.0 Å². The van der Waals surface area contributed by atoms with E-state index in [-0.39, 0.29) is 22.5 Å². The number of aliphatic hydroxyl groups is 1. The summed E-state index contributed by atoms with van der Waals surface area (Å²) in [7, 11) is -4.65. The zero-order valence-electron chi connectivity index (χ0n) is 20.2. The molecule has 37 heavy (non-hydrogen) atoms. The highest BCUT2D eigenvalue weighted by Gasteiger charge is 2.38. The zero-order chi connectivity index (χ0) is 27.0. The molecule has 3 aromatic rings. The molecule has 2 heterocycles. The number of halogens is 3. The van der Waals surface area contributed by atoms with Gasteiger partial charge in [-0.05, 0) is 49.9 Å². The van der Waals surface area contributed by atoms with E-state index in [0.29, 0.717) is 37.8 Å². The quantitative estimate of drug-likeness (QED) is 0.487. The minimum Gasteiger partial charge on any atom is -0.385 e. The number of rotatable bonds is 5. The van der Waals surface area contributed by atoms with Crippen molar-refractivity contribution < 1.29 is 26.7 Å². The van der Waals surface area contributed by atoms with Crippen molar-refractivity contribution in [3.8, 4) is 6.07 Å². The fourth-order valence-electron chi connectivity index (χ4n) is 4.60. The fraction of sp³-hybridized carbons (Fsp3) is 0.308. The number of benzene rings is 2. The van der Waals surface area contributed by atoms with Gasteiger partial charge in [0.05, 0.1) is 33.0 Å². The minimum atomic E-state index is -4.87. The molecule has 0 aliphatic carbocycles. The van der Waals surface area contributed by atoms with Crippen LogP contribution in [0.15, 0.2) is 59.5 Å². The van der Waals surface area contributed by atoms with Crippen LogP contribution in [0.1, 0.15) is 40.8 Å². The first kappa shape index (κ1) is 26.4. The largest absolute Gasteiger partial charge is 0.417 e. The molecule has 0 amide bonds. The lowest BCUT2D eigenvalue weighted by Gasteiger charge is -2.39. The summed E-state index contributed by atoms with van der Waals surface area (Å²) in [4.78, 5) is 5.41. The summed E-state index contributed by atoms with van der Waals surface area (Å²) in [5.74, 6) is 0.339.